The lowest BCUT2D eigenvalue weighted by Gasteiger charge is -2.30. The van der Waals surface area contributed by atoms with Crippen molar-refractivity contribution in [3.8, 4) is 0 Å². The molecule has 10 nitrogen and oxygen atoms in total. The van der Waals surface area contributed by atoms with Crippen LogP contribution in [0.2, 0.25) is 0 Å². The number of hydrogen-bond acceptors (Lipinski definition) is 8. The summed E-state index contributed by atoms with van der Waals surface area (Å²) in [7, 11) is -4.00. The summed E-state index contributed by atoms with van der Waals surface area (Å²) in [5.41, 5.74) is 4.83. The molecule has 0 aliphatic rings. The minimum Gasteiger partial charge on any atom is -0.778 e. The average molecular weight is 372 g/mol. The third-order valence-electron chi connectivity index (χ3n) is 3.55. The van der Waals surface area contributed by atoms with E-state index in [-0.39, 0.29) is 36.4 Å². The third kappa shape index (κ3) is 4.66. The number of aromatic amines is 1. The molecular formula is C14H23N5O5P-. The topological polar surface area (TPSA) is 148 Å². The molecule has 0 radical (unpaired) electrons. The first-order valence-corrected chi connectivity index (χ1v) is 9.52. The molecule has 1 unspecified atom stereocenters. The number of nitrogens with zero attached hydrogens (tertiary/aromatic N) is 3. The second-order valence-electron chi connectivity index (χ2n) is 6.24. The SMILES string of the molecule is CC(C)OC[C@@H](COP(=O)([O-])C(C)C)n1cnc2c(=O)[nH]c(N)nc21. The highest BCUT2D eigenvalue weighted by molar-refractivity contribution is 7.52. The Labute approximate surface area is 144 Å². The maximum atomic E-state index is 12.0. The van der Waals surface area contributed by atoms with Gasteiger partial charge in [-0.05, 0) is 13.8 Å². The molecule has 2 atom stereocenters. The molecule has 0 aliphatic heterocycles. The van der Waals surface area contributed by atoms with Gasteiger partial charge in [-0.25, -0.2) is 4.98 Å². The van der Waals surface area contributed by atoms with Crippen LogP contribution >= 0.6 is 7.60 Å². The van der Waals surface area contributed by atoms with E-state index < -0.39 is 24.9 Å². The van der Waals surface area contributed by atoms with E-state index >= 15 is 0 Å². The van der Waals surface area contributed by atoms with Gasteiger partial charge < -0.3 is 29.0 Å². The van der Waals surface area contributed by atoms with Gasteiger partial charge in [-0.2, -0.15) is 4.98 Å². The molecule has 2 aromatic heterocycles. The van der Waals surface area contributed by atoms with E-state index in [4.69, 9.17) is 15.0 Å². The first kappa shape index (κ1) is 19.6. The predicted molar refractivity (Wildman–Crippen MR) is 91.4 cm³/mol. The molecule has 11 heteroatoms. The molecule has 0 fully saturated rings. The van der Waals surface area contributed by atoms with Gasteiger partial charge in [-0.1, -0.05) is 13.8 Å². The Balaban J connectivity index is 2.35. The standard InChI is InChI=1S/C14H24N5O5P/c1-8(2)23-5-10(6-24-25(21,22)9(3)4)19-7-16-11-12(19)17-14(15)18-13(11)20/h7-10H,5-6H2,1-4H3,(H,21,22)(H3,15,17,18,20)/p-1/t10-/m0/s1. The van der Waals surface area contributed by atoms with Crippen LogP contribution in [0.4, 0.5) is 5.95 Å². The number of aromatic nitrogens is 4. The van der Waals surface area contributed by atoms with Gasteiger partial charge in [0.25, 0.3) is 5.56 Å². The van der Waals surface area contributed by atoms with E-state index in [1.807, 2.05) is 13.8 Å². The molecule has 25 heavy (non-hydrogen) atoms. The van der Waals surface area contributed by atoms with Crippen LogP contribution in [0.15, 0.2) is 11.1 Å². The lowest BCUT2D eigenvalue weighted by Crippen LogP contribution is -2.25. The number of nitrogen functional groups attached to an aromatic ring is 1. The van der Waals surface area contributed by atoms with Crippen LogP contribution in [-0.4, -0.2) is 44.5 Å². The monoisotopic (exact) mass is 372 g/mol. The molecule has 0 bridgehead atoms. The van der Waals surface area contributed by atoms with E-state index in [1.165, 1.54) is 6.33 Å². The molecule has 0 amide bonds. The van der Waals surface area contributed by atoms with E-state index in [1.54, 1.807) is 18.4 Å². The van der Waals surface area contributed by atoms with Crippen molar-refractivity contribution in [2.24, 2.45) is 0 Å². The first-order chi connectivity index (χ1) is 11.6. The van der Waals surface area contributed by atoms with Gasteiger partial charge in [0.1, 0.15) is 7.60 Å². The van der Waals surface area contributed by atoms with E-state index in [9.17, 15) is 14.3 Å². The lowest BCUT2D eigenvalue weighted by atomic mass is 10.3. The smallest absolute Gasteiger partial charge is 0.280 e. The van der Waals surface area contributed by atoms with Crippen molar-refractivity contribution in [3.63, 3.8) is 0 Å². The number of fused-ring (bicyclic) bond motifs is 1. The maximum absolute atomic E-state index is 12.0. The average Bonchev–Trinajstić information content (AvgIpc) is 2.91. The highest BCUT2D eigenvalue weighted by Crippen LogP contribution is 2.43. The zero-order valence-electron chi connectivity index (χ0n) is 14.6. The summed E-state index contributed by atoms with van der Waals surface area (Å²) in [5, 5.41) is 0. The van der Waals surface area contributed by atoms with Crippen LogP contribution in [0.3, 0.4) is 0 Å². The fourth-order valence-electron chi connectivity index (χ4n) is 2.06. The van der Waals surface area contributed by atoms with Crippen molar-refractivity contribution in [1.29, 1.82) is 0 Å². The Morgan fingerprint density at radius 1 is 1.36 bits per heavy atom. The van der Waals surface area contributed by atoms with Gasteiger partial charge in [-0.3, -0.25) is 9.78 Å². The molecule has 2 rings (SSSR count). The molecule has 140 valence electrons. The second kappa shape index (κ2) is 7.65. The summed E-state index contributed by atoms with van der Waals surface area (Å²) in [6, 6.07) is -0.540. The summed E-state index contributed by atoms with van der Waals surface area (Å²) >= 11 is 0. The minimum atomic E-state index is -4.00. The van der Waals surface area contributed by atoms with Gasteiger partial charge in [0.15, 0.2) is 11.2 Å². The molecule has 0 spiro atoms. The second-order valence-corrected chi connectivity index (χ2v) is 8.61. The number of nitrogens with two attached hydrogens (primary N) is 1. The van der Waals surface area contributed by atoms with Crippen LogP contribution in [0.5, 0.6) is 0 Å². The molecule has 2 heterocycles. The molecule has 0 saturated heterocycles. The number of rotatable bonds is 8. The van der Waals surface area contributed by atoms with Gasteiger partial charge in [0, 0.05) is 5.66 Å². The molecule has 0 aliphatic carbocycles. The number of hydrogen-bond donors (Lipinski definition) is 2. The predicted octanol–water partition coefficient (Wildman–Crippen LogP) is 0.646. The molecule has 3 N–H and O–H groups in total. The van der Waals surface area contributed by atoms with E-state index in [0.717, 1.165) is 0 Å². The summed E-state index contributed by atoms with van der Waals surface area (Å²) in [4.78, 5) is 34.3. The largest absolute Gasteiger partial charge is 0.778 e. The fraction of sp³-hybridized carbons (Fsp3) is 0.643. The minimum absolute atomic E-state index is 0.0552. The Hall–Kier alpha value is -1.74. The van der Waals surface area contributed by atoms with Crippen molar-refractivity contribution in [2.45, 2.75) is 45.5 Å². The number of ether oxygens (including phenoxy) is 1. The summed E-state index contributed by atoms with van der Waals surface area (Å²) in [5.74, 6) is -0.0552. The van der Waals surface area contributed by atoms with E-state index in [2.05, 4.69) is 15.0 Å². The lowest BCUT2D eigenvalue weighted by molar-refractivity contribution is -0.201. The van der Waals surface area contributed by atoms with Gasteiger partial charge >= 0.3 is 0 Å². The normalized spacial score (nSPS) is 15.8. The highest BCUT2D eigenvalue weighted by atomic mass is 31.2. The number of anilines is 1. The molecular weight excluding hydrogens is 349 g/mol. The summed E-state index contributed by atoms with van der Waals surface area (Å²) in [6.45, 7) is 6.81. The van der Waals surface area contributed by atoms with Gasteiger partial charge in [0.2, 0.25) is 5.95 Å². The van der Waals surface area contributed by atoms with Crippen LogP contribution in [0.25, 0.3) is 11.2 Å². The fourth-order valence-corrected chi connectivity index (χ4v) is 2.74. The van der Waals surface area contributed by atoms with Crippen LogP contribution in [0.1, 0.15) is 33.7 Å². The van der Waals surface area contributed by atoms with Gasteiger partial charge in [-0.15, -0.1) is 0 Å². The van der Waals surface area contributed by atoms with Crippen LogP contribution < -0.4 is 16.2 Å². The van der Waals surface area contributed by atoms with Crippen molar-refractivity contribution in [2.75, 3.05) is 18.9 Å². The Kier molecular flexibility index (Phi) is 5.99. The van der Waals surface area contributed by atoms with Crippen LogP contribution in [0, 0.1) is 0 Å². The maximum Gasteiger partial charge on any atom is 0.280 e. The molecule has 2 aromatic rings. The number of imidazole rings is 1. The van der Waals surface area contributed by atoms with Crippen molar-refractivity contribution in [3.05, 3.63) is 16.7 Å². The molecule has 0 aromatic carbocycles. The quantitative estimate of drug-likeness (QED) is 0.642. The van der Waals surface area contributed by atoms with E-state index in [0.29, 0.717) is 0 Å². The third-order valence-corrected chi connectivity index (χ3v) is 5.32. The summed E-state index contributed by atoms with van der Waals surface area (Å²) < 4.78 is 24.3. The number of nitrogens with one attached hydrogen (secondary N) is 1. The Bertz CT molecular complexity index is 831. The summed E-state index contributed by atoms with van der Waals surface area (Å²) in [6.07, 6.45) is 1.33. The first-order valence-electron chi connectivity index (χ1n) is 7.91. The van der Waals surface area contributed by atoms with Crippen molar-refractivity contribution in [1.82, 2.24) is 19.5 Å². The Morgan fingerprint density at radius 2 is 2.04 bits per heavy atom. The molecule has 0 saturated carbocycles. The van der Waals surface area contributed by atoms with Crippen molar-refractivity contribution < 1.29 is 18.7 Å². The number of H-pyrrole nitrogens is 1. The highest BCUT2D eigenvalue weighted by Gasteiger charge is 2.22. The van der Waals surface area contributed by atoms with Crippen LogP contribution in [-0.2, 0) is 13.8 Å². The van der Waals surface area contributed by atoms with Crippen molar-refractivity contribution >= 4 is 24.7 Å². The Morgan fingerprint density at radius 3 is 2.64 bits per heavy atom. The zero-order valence-corrected chi connectivity index (χ0v) is 15.5. The zero-order chi connectivity index (χ0) is 18.8. The van der Waals surface area contributed by atoms with Gasteiger partial charge in [0.05, 0.1) is 31.7 Å².